The van der Waals surface area contributed by atoms with E-state index in [1.807, 2.05) is 32.2 Å². The molecule has 0 aromatic heterocycles. The molecule has 0 amide bonds. The second-order valence-electron chi connectivity index (χ2n) is 5.48. The zero-order valence-corrected chi connectivity index (χ0v) is 13.8. The van der Waals surface area contributed by atoms with Gasteiger partial charge in [-0.15, -0.1) is 0 Å². The molecule has 1 aromatic rings. The Balaban J connectivity index is 2.34. The third kappa shape index (κ3) is 3.54. The number of sulfonamides is 1. The van der Waals surface area contributed by atoms with Crippen LogP contribution in [0.1, 0.15) is 31.4 Å². The topological polar surface area (TPSA) is 49.4 Å². The van der Waals surface area contributed by atoms with Crippen LogP contribution in [-0.4, -0.2) is 32.9 Å². The highest BCUT2D eigenvalue weighted by Gasteiger charge is 2.25. The van der Waals surface area contributed by atoms with Crippen LogP contribution in [-0.2, 0) is 23.0 Å². The molecule has 0 fully saturated rings. The zero-order valence-electron chi connectivity index (χ0n) is 13.0. The second-order valence-corrected chi connectivity index (χ2v) is 7.42. The molecule has 0 spiro atoms. The Morgan fingerprint density at radius 2 is 2.05 bits per heavy atom. The van der Waals surface area contributed by atoms with E-state index < -0.39 is 10.0 Å². The van der Waals surface area contributed by atoms with Gasteiger partial charge >= 0.3 is 0 Å². The van der Waals surface area contributed by atoms with E-state index in [0.29, 0.717) is 24.5 Å². The van der Waals surface area contributed by atoms with Gasteiger partial charge in [0, 0.05) is 19.6 Å². The van der Waals surface area contributed by atoms with Crippen molar-refractivity contribution in [2.75, 3.05) is 20.1 Å². The minimum absolute atomic E-state index is 0.401. The monoisotopic (exact) mass is 308 g/mol. The Labute approximate surface area is 127 Å². The second kappa shape index (κ2) is 6.73. The molecule has 0 radical (unpaired) electrons. The molecule has 0 saturated heterocycles. The van der Waals surface area contributed by atoms with Gasteiger partial charge in [0.15, 0.2) is 0 Å². The maximum Gasteiger partial charge on any atom is 0.243 e. The predicted molar refractivity (Wildman–Crippen MR) is 85.7 cm³/mol. The summed E-state index contributed by atoms with van der Waals surface area (Å²) in [6.07, 6.45) is 3.72. The maximum absolute atomic E-state index is 12.7. The zero-order chi connectivity index (χ0) is 15.5. The number of hydrogen-bond donors (Lipinski definition) is 1. The van der Waals surface area contributed by atoms with E-state index in [-0.39, 0.29) is 0 Å². The fraction of sp³-hybridized carbons (Fsp3) is 0.500. The molecular weight excluding hydrogens is 284 g/mol. The molecule has 1 aromatic carbocycles. The Morgan fingerprint density at radius 3 is 2.62 bits per heavy atom. The number of benzene rings is 1. The van der Waals surface area contributed by atoms with Gasteiger partial charge in [0.25, 0.3) is 0 Å². The van der Waals surface area contributed by atoms with Crippen molar-refractivity contribution >= 4 is 10.0 Å². The molecule has 0 unspecified atom stereocenters. The normalized spacial score (nSPS) is 16.8. The first-order valence-corrected chi connectivity index (χ1v) is 8.85. The van der Waals surface area contributed by atoms with Gasteiger partial charge in [-0.2, -0.15) is 4.31 Å². The van der Waals surface area contributed by atoms with Gasteiger partial charge in [-0.1, -0.05) is 24.6 Å². The summed E-state index contributed by atoms with van der Waals surface area (Å²) >= 11 is 0. The Bertz CT molecular complexity index is 636. The van der Waals surface area contributed by atoms with Gasteiger partial charge in [-0.05, 0) is 50.1 Å². The number of rotatable bonds is 5. The highest BCUT2D eigenvalue weighted by atomic mass is 32.2. The highest BCUT2D eigenvalue weighted by molar-refractivity contribution is 7.89. The lowest BCUT2D eigenvalue weighted by atomic mass is 10.1. The number of hydrogen-bond acceptors (Lipinski definition) is 3. The quantitative estimate of drug-likeness (QED) is 0.849. The van der Waals surface area contributed by atoms with Crippen LogP contribution >= 0.6 is 0 Å². The van der Waals surface area contributed by atoms with Gasteiger partial charge in [0.1, 0.15) is 0 Å². The molecule has 0 atom stereocenters. The van der Waals surface area contributed by atoms with E-state index in [0.717, 1.165) is 18.4 Å². The molecular formula is C16H24N2O2S. The van der Waals surface area contributed by atoms with Crippen LogP contribution in [0.25, 0.3) is 0 Å². The molecule has 0 bridgehead atoms. The van der Waals surface area contributed by atoms with Crippen LogP contribution < -0.4 is 5.32 Å². The first-order chi connectivity index (χ1) is 9.98. The first-order valence-electron chi connectivity index (χ1n) is 7.41. The number of nitrogens with zero attached hydrogens (tertiary/aromatic N) is 1. The fourth-order valence-electron chi connectivity index (χ4n) is 2.58. The lowest BCUT2D eigenvalue weighted by molar-refractivity contribution is 0.431. The molecule has 5 heteroatoms. The third-order valence-electron chi connectivity index (χ3n) is 3.96. The Kier molecular flexibility index (Phi) is 5.19. The van der Waals surface area contributed by atoms with E-state index in [1.54, 1.807) is 10.4 Å². The summed E-state index contributed by atoms with van der Waals surface area (Å²) in [5.74, 6) is 0. The summed E-state index contributed by atoms with van der Waals surface area (Å²) < 4.78 is 27.0. The van der Waals surface area contributed by atoms with Crippen molar-refractivity contribution in [2.45, 2.75) is 38.1 Å². The van der Waals surface area contributed by atoms with E-state index in [2.05, 4.69) is 12.2 Å². The Hall–Kier alpha value is -1.17. The molecule has 0 aliphatic carbocycles. The van der Waals surface area contributed by atoms with Crippen molar-refractivity contribution in [2.24, 2.45) is 0 Å². The van der Waals surface area contributed by atoms with Crippen molar-refractivity contribution in [3.8, 4) is 0 Å². The summed E-state index contributed by atoms with van der Waals surface area (Å²) in [5.41, 5.74) is 3.51. The molecule has 1 heterocycles. The number of aryl methyl sites for hydroxylation is 1. The average Bonchev–Trinajstić information content (AvgIpc) is 2.48. The van der Waals surface area contributed by atoms with Crippen molar-refractivity contribution in [1.29, 1.82) is 0 Å². The molecule has 1 aliphatic rings. The van der Waals surface area contributed by atoms with E-state index in [4.69, 9.17) is 0 Å². The minimum Gasteiger partial charge on any atom is -0.316 e. The molecule has 0 saturated carbocycles. The fourth-order valence-corrected chi connectivity index (χ4v) is 4.01. The summed E-state index contributed by atoms with van der Waals surface area (Å²) in [7, 11) is -1.52. The molecule has 21 heavy (non-hydrogen) atoms. The molecule has 1 aliphatic heterocycles. The average molecular weight is 308 g/mol. The summed E-state index contributed by atoms with van der Waals surface area (Å²) in [5, 5.41) is 3.10. The molecule has 4 nitrogen and oxygen atoms in total. The largest absolute Gasteiger partial charge is 0.316 e. The van der Waals surface area contributed by atoms with Gasteiger partial charge in [0.05, 0.1) is 4.90 Å². The van der Waals surface area contributed by atoms with Crippen molar-refractivity contribution in [3.05, 3.63) is 41.0 Å². The van der Waals surface area contributed by atoms with Crippen LogP contribution in [0.5, 0.6) is 0 Å². The van der Waals surface area contributed by atoms with E-state index >= 15 is 0 Å². The van der Waals surface area contributed by atoms with Gasteiger partial charge in [-0.25, -0.2) is 8.42 Å². The number of nitrogens with one attached hydrogen (secondary N) is 1. The highest BCUT2D eigenvalue weighted by Crippen LogP contribution is 2.23. The van der Waals surface area contributed by atoms with Crippen molar-refractivity contribution in [1.82, 2.24) is 9.62 Å². The molecule has 1 N–H and O–H groups in total. The van der Waals surface area contributed by atoms with Gasteiger partial charge < -0.3 is 5.32 Å². The summed E-state index contributed by atoms with van der Waals surface area (Å²) in [6, 6.07) is 5.49. The summed E-state index contributed by atoms with van der Waals surface area (Å²) in [6.45, 7) is 5.87. The van der Waals surface area contributed by atoms with E-state index in [9.17, 15) is 8.42 Å². The third-order valence-corrected chi connectivity index (χ3v) is 5.82. The standard InChI is InChI=1S/C16H24N2O2S/c1-4-14-5-6-16(11-15(14)12-17-3)21(19,20)18-9-7-13(2)8-10-18/h5-7,11,17H,4,8-10,12H2,1-3H3. The van der Waals surface area contributed by atoms with Crippen molar-refractivity contribution in [3.63, 3.8) is 0 Å². The van der Waals surface area contributed by atoms with Crippen LogP contribution in [0.4, 0.5) is 0 Å². The first kappa shape index (κ1) is 16.2. The van der Waals surface area contributed by atoms with Crippen LogP contribution in [0.2, 0.25) is 0 Å². The smallest absolute Gasteiger partial charge is 0.243 e. The van der Waals surface area contributed by atoms with Gasteiger partial charge in [-0.3, -0.25) is 0 Å². The lowest BCUT2D eigenvalue weighted by Crippen LogP contribution is -2.34. The van der Waals surface area contributed by atoms with Crippen LogP contribution in [0, 0.1) is 0 Å². The van der Waals surface area contributed by atoms with E-state index in [1.165, 1.54) is 11.1 Å². The van der Waals surface area contributed by atoms with Crippen LogP contribution in [0.3, 0.4) is 0 Å². The van der Waals surface area contributed by atoms with Crippen LogP contribution in [0.15, 0.2) is 34.7 Å². The Morgan fingerprint density at radius 1 is 1.29 bits per heavy atom. The minimum atomic E-state index is -3.39. The molecule has 2 rings (SSSR count). The lowest BCUT2D eigenvalue weighted by Gasteiger charge is -2.25. The SMILES string of the molecule is CCc1ccc(S(=O)(=O)N2CC=C(C)CC2)cc1CNC. The molecule has 116 valence electrons. The predicted octanol–water partition coefficient (Wildman–Crippen LogP) is 2.31. The summed E-state index contributed by atoms with van der Waals surface area (Å²) in [4.78, 5) is 0.401. The van der Waals surface area contributed by atoms with Gasteiger partial charge in [0.2, 0.25) is 10.0 Å². The maximum atomic E-state index is 12.7. The van der Waals surface area contributed by atoms with Crippen molar-refractivity contribution < 1.29 is 8.42 Å².